The number of sulfonamides is 1. The van der Waals surface area contributed by atoms with Crippen LogP contribution in [0, 0.1) is 5.41 Å². The second-order valence-electron chi connectivity index (χ2n) is 10.4. The number of furan rings is 1. The quantitative estimate of drug-likeness (QED) is 0.427. The van der Waals surface area contributed by atoms with E-state index in [1.165, 1.54) is 0 Å². The summed E-state index contributed by atoms with van der Waals surface area (Å²) < 4.78 is 39.9. The van der Waals surface area contributed by atoms with E-state index in [2.05, 4.69) is 14.9 Å². The summed E-state index contributed by atoms with van der Waals surface area (Å²) in [7, 11) is -3.68. The maximum atomic E-state index is 12.9. The number of nitrogens with zero attached hydrogens (tertiary/aromatic N) is 2. The summed E-state index contributed by atoms with van der Waals surface area (Å²) in [5, 5.41) is 5.80. The van der Waals surface area contributed by atoms with Gasteiger partial charge in [0.25, 0.3) is 0 Å². The van der Waals surface area contributed by atoms with Crippen LogP contribution >= 0.6 is 0 Å². The van der Waals surface area contributed by atoms with Crippen molar-refractivity contribution in [2.75, 3.05) is 0 Å². The van der Waals surface area contributed by atoms with Crippen molar-refractivity contribution < 1.29 is 17.4 Å². The summed E-state index contributed by atoms with van der Waals surface area (Å²) in [6, 6.07) is 10.4. The van der Waals surface area contributed by atoms with Gasteiger partial charge >= 0.3 is 0 Å². The Labute approximate surface area is 188 Å². The van der Waals surface area contributed by atoms with E-state index < -0.39 is 10.0 Å². The standard InChI is InChI=1S/C24H29N3O4S/c1-14(23(2,3)4)27-32(28,29)16-9-10-17-18-12-15(8-11-19(18)30-20(17)13-16)21-25-22(31-26-21)24(5,6)7/h8-14,27H,1-7H3/t14-/m0/s1. The van der Waals surface area contributed by atoms with E-state index in [9.17, 15) is 8.42 Å². The zero-order valence-corrected chi connectivity index (χ0v) is 20.3. The summed E-state index contributed by atoms with van der Waals surface area (Å²) in [5.74, 6) is 1.07. The highest BCUT2D eigenvalue weighted by Gasteiger charge is 2.27. The molecular formula is C24H29N3O4S. The maximum absolute atomic E-state index is 12.9. The molecule has 0 unspecified atom stereocenters. The van der Waals surface area contributed by atoms with Gasteiger partial charge in [0, 0.05) is 33.9 Å². The number of benzene rings is 2. The van der Waals surface area contributed by atoms with E-state index >= 15 is 0 Å². The Morgan fingerprint density at radius 2 is 1.66 bits per heavy atom. The van der Waals surface area contributed by atoms with Crippen LogP contribution in [-0.4, -0.2) is 24.6 Å². The van der Waals surface area contributed by atoms with Gasteiger partial charge in [0.2, 0.25) is 21.7 Å². The van der Waals surface area contributed by atoms with Crippen LogP contribution in [0.5, 0.6) is 0 Å². The first kappa shape index (κ1) is 22.5. The molecule has 2 aromatic carbocycles. The number of hydrogen-bond donors (Lipinski definition) is 1. The smallest absolute Gasteiger partial charge is 0.240 e. The Morgan fingerprint density at radius 3 is 2.28 bits per heavy atom. The molecule has 32 heavy (non-hydrogen) atoms. The average molecular weight is 456 g/mol. The molecule has 8 heteroatoms. The van der Waals surface area contributed by atoms with Crippen molar-refractivity contribution in [2.24, 2.45) is 5.41 Å². The number of rotatable bonds is 4. The van der Waals surface area contributed by atoms with E-state index in [1.54, 1.807) is 18.2 Å². The molecule has 0 aliphatic carbocycles. The largest absolute Gasteiger partial charge is 0.456 e. The Hall–Kier alpha value is -2.71. The van der Waals surface area contributed by atoms with Gasteiger partial charge < -0.3 is 8.94 Å². The first-order valence-electron chi connectivity index (χ1n) is 10.6. The first-order chi connectivity index (χ1) is 14.8. The van der Waals surface area contributed by atoms with Crippen molar-refractivity contribution >= 4 is 32.0 Å². The Balaban J connectivity index is 1.73. The molecule has 4 aromatic rings. The molecule has 2 heterocycles. The molecule has 0 fully saturated rings. The number of nitrogens with one attached hydrogen (secondary N) is 1. The van der Waals surface area contributed by atoms with Crippen LogP contribution in [0.3, 0.4) is 0 Å². The van der Waals surface area contributed by atoms with E-state index in [4.69, 9.17) is 8.94 Å². The van der Waals surface area contributed by atoms with Crippen LogP contribution in [-0.2, 0) is 15.4 Å². The van der Waals surface area contributed by atoms with E-state index in [-0.39, 0.29) is 21.8 Å². The van der Waals surface area contributed by atoms with Crippen LogP contribution in [0.15, 0.2) is 50.2 Å². The first-order valence-corrected chi connectivity index (χ1v) is 12.1. The lowest BCUT2D eigenvalue weighted by Crippen LogP contribution is -2.41. The third-order valence-corrected chi connectivity index (χ3v) is 7.25. The number of aromatic nitrogens is 2. The molecule has 4 rings (SSSR count). The molecule has 0 amide bonds. The van der Waals surface area contributed by atoms with E-state index in [0.29, 0.717) is 22.9 Å². The van der Waals surface area contributed by atoms with Crippen molar-refractivity contribution in [1.82, 2.24) is 14.9 Å². The molecule has 0 spiro atoms. The molecule has 0 saturated carbocycles. The van der Waals surface area contributed by atoms with Gasteiger partial charge in [0.05, 0.1) is 4.90 Å². The third-order valence-electron chi connectivity index (χ3n) is 5.71. The lowest BCUT2D eigenvalue weighted by atomic mass is 9.89. The third kappa shape index (κ3) is 4.17. The minimum atomic E-state index is -3.68. The lowest BCUT2D eigenvalue weighted by molar-refractivity contribution is 0.317. The lowest BCUT2D eigenvalue weighted by Gasteiger charge is -2.27. The second-order valence-corrected chi connectivity index (χ2v) is 12.1. The van der Waals surface area contributed by atoms with Crippen molar-refractivity contribution in [1.29, 1.82) is 0 Å². The fraction of sp³-hybridized carbons (Fsp3) is 0.417. The fourth-order valence-electron chi connectivity index (χ4n) is 3.19. The van der Waals surface area contributed by atoms with Crippen LogP contribution in [0.1, 0.15) is 54.4 Å². The van der Waals surface area contributed by atoms with Gasteiger partial charge in [-0.25, -0.2) is 13.1 Å². The second kappa shape index (κ2) is 7.42. The molecule has 2 aromatic heterocycles. The fourth-order valence-corrected chi connectivity index (χ4v) is 4.65. The van der Waals surface area contributed by atoms with E-state index in [1.807, 2.05) is 66.7 Å². The molecule has 7 nitrogen and oxygen atoms in total. The molecule has 0 aliphatic heterocycles. The zero-order chi connectivity index (χ0) is 23.5. The molecular weight excluding hydrogens is 426 g/mol. The Kier molecular flexibility index (Phi) is 5.21. The predicted molar refractivity (Wildman–Crippen MR) is 125 cm³/mol. The highest BCUT2D eigenvalue weighted by molar-refractivity contribution is 7.89. The predicted octanol–water partition coefficient (Wildman–Crippen LogP) is 5.65. The van der Waals surface area contributed by atoms with Gasteiger partial charge in [0.15, 0.2) is 0 Å². The zero-order valence-electron chi connectivity index (χ0n) is 19.5. The Bertz CT molecular complexity index is 1400. The number of hydrogen-bond acceptors (Lipinski definition) is 6. The van der Waals surface area contributed by atoms with E-state index in [0.717, 1.165) is 16.3 Å². The van der Waals surface area contributed by atoms with Crippen LogP contribution in [0.4, 0.5) is 0 Å². The summed E-state index contributed by atoms with van der Waals surface area (Å²) in [5.41, 5.74) is 1.53. The minimum absolute atomic E-state index is 0.174. The average Bonchev–Trinajstić information content (AvgIpc) is 3.30. The molecule has 1 atom stereocenters. The summed E-state index contributed by atoms with van der Waals surface area (Å²) in [6.45, 7) is 13.9. The van der Waals surface area contributed by atoms with Gasteiger partial charge in [-0.05, 0) is 42.7 Å². The van der Waals surface area contributed by atoms with Crippen LogP contribution in [0.25, 0.3) is 33.3 Å². The van der Waals surface area contributed by atoms with Crippen LogP contribution in [0.2, 0.25) is 0 Å². The van der Waals surface area contributed by atoms with Crippen molar-refractivity contribution in [3.8, 4) is 11.4 Å². The highest BCUT2D eigenvalue weighted by Crippen LogP contribution is 2.34. The van der Waals surface area contributed by atoms with Crippen molar-refractivity contribution in [2.45, 2.75) is 64.8 Å². The Morgan fingerprint density at radius 1 is 0.938 bits per heavy atom. The number of fused-ring (bicyclic) bond motifs is 3. The molecule has 0 radical (unpaired) electrons. The molecule has 1 N–H and O–H groups in total. The van der Waals surface area contributed by atoms with Gasteiger partial charge in [-0.2, -0.15) is 4.98 Å². The van der Waals surface area contributed by atoms with Gasteiger partial charge in [0.1, 0.15) is 11.2 Å². The van der Waals surface area contributed by atoms with Gasteiger partial charge in [-0.3, -0.25) is 0 Å². The SMILES string of the molecule is C[C@H](NS(=O)(=O)c1ccc2c(c1)oc1ccc(-c3noc(C(C)(C)C)n3)cc12)C(C)(C)C. The maximum Gasteiger partial charge on any atom is 0.240 e. The normalized spacial score (nSPS) is 14.3. The van der Waals surface area contributed by atoms with Crippen molar-refractivity contribution in [3.63, 3.8) is 0 Å². The van der Waals surface area contributed by atoms with Gasteiger partial charge in [-0.15, -0.1) is 0 Å². The van der Waals surface area contributed by atoms with Gasteiger partial charge in [-0.1, -0.05) is 46.7 Å². The minimum Gasteiger partial charge on any atom is -0.456 e. The topological polar surface area (TPSA) is 98.2 Å². The summed E-state index contributed by atoms with van der Waals surface area (Å²) in [6.07, 6.45) is 0. The monoisotopic (exact) mass is 455 g/mol. The molecule has 0 saturated heterocycles. The summed E-state index contributed by atoms with van der Waals surface area (Å²) >= 11 is 0. The molecule has 0 aliphatic rings. The highest BCUT2D eigenvalue weighted by atomic mass is 32.2. The summed E-state index contributed by atoms with van der Waals surface area (Å²) in [4.78, 5) is 4.70. The molecule has 170 valence electrons. The van der Waals surface area contributed by atoms with Crippen LogP contribution < -0.4 is 4.72 Å². The molecule has 0 bridgehead atoms. The van der Waals surface area contributed by atoms with Crippen molar-refractivity contribution in [3.05, 3.63) is 42.3 Å².